The molecule has 1 aromatic heterocycles. The number of hydrogen-bond acceptors (Lipinski definition) is 2. The van der Waals surface area contributed by atoms with Crippen molar-refractivity contribution in [1.29, 1.82) is 0 Å². The number of rotatable bonds is 2. The Kier molecular flexibility index (Phi) is 2.64. The molecule has 4 saturated carbocycles. The van der Waals surface area contributed by atoms with Gasteiger partial charge in [-0.3, -0.25) is 5.10 Å². The molecule has 0 amide bonds. The lowest BCUT2D eigenvalue weighted by Crippen LogP contribution is -2.44. The van der Waals surface area contributed by atoms with E-state index in [0.717, 1.165) is 35.3 Å². The van der Waals surface area contributed by atoms with E-state index in [1.54, 1.807) is 0 Å². The van der Waals surface area contributed by atoms with Crippen molar-refractivity contribution in [3.05, 3.63) is 17.0 Å². The van der Waals surface area contributed by atoms with Crippen LogP contribution in [0.3, 0.4) is 0 Å². The molecule has 5 rings (SSSR count). The minimum atomic E-state index is -0.343. The largest absolute Gasteiger partial charge is 0.321 e. The summed E-state index contributed by atoms with van der Waals surface area (Å²) in [7, 11) is 0. The van der Waals surface area contributed by atoms with Gasteiger partial charge in [-0.1, -0.05) is 0 Å². The van der Waals surface area contributed by atoms with Crippen molar-refractivity contribution >= 4 is 0 Å². The van der Waals surface area contributed by atoms with Crippen molar-refractivity contribution in [2.24, 2.45) is 29.4 Å². The van der Waals surface area contributed by atoms with Crippen molar-refractivity contribution in [3.63, 3.8) is 0 Å². The maximum absolute atomic E-state index is 6.26. The maximum Gasteiger partial charge on any atom is 0.0847 e. The number of nitrogens with zero attached hydrogens (tertiary/aromatic N) is 1. The predicted molar refractivity (Wildman–Crippen MR) is 80.3 cm³/mol. The van der Waals surface area contributed by atoms with Gasteiger partial charge in [-0.05, 0) is 82.1 Å². The molecule has 4 aliphatic rings. The smallest absolute Gasteiger partial charge is 0.0847 e. The molecule has 3 nitrogen and oxygen atoms in total. The third-order valence-electron chi connectivity index (χ3n) is 6.22. The van der Waals surface area contributed by atoms with Gasteiger partial charge in [0, 0.05) is 11.6 Å². The Bertz CT molecular complexity index is 495. The van der Waals surface area contributed by atoms with E-state index in [0.29, 0.717) is 0 Å². The molecule has 0 aliphatic heterocycles. The monoisotopic (exact) mass is 273 g/mol. The molecule has 4 bridgehead atoms. The fraction of sp³-hybridized carbons (Fsp3) is 0.824. The van der Waals surface area contributed by atoms with Crippen LogP contribution >= 0.6 is 0 Å². The number of aromatic nitrogens is 2. The van der Waals surface area contributed by atoms with Gasteiger partial charge < -0.3 is 5.73 Å². The summed E-state index contributed by atoms with van der Waals surface area (Å²) in [6.07, 6.45) is 7.34. The molecule has 110 valence electrons. The van der Waals surface area contributed by atoms with Gasteiger partial charge in [-0.25, -0.2) is 0 Å². The number of nitrogens with two attached hydrogens (primary N) is 1. The van der Waals surface area contributed by atoms with Crippen LogP contribution in [-0.4, -0.2) is 10.2 Å². The second-order valence-electron chi connectivity index (χ2n) is 8.29. The zero-order valence-corrected chi connectivity index (χ0v) is 12.9. The highest BCUT2D eigenvalue weighted by molar-refractivity contribution is 5.32. The lowest BCUT2D eigenvalue weighted by molar-refractivity contribution is -0.00437. The van der Waals surface area contributed by atoms with Gasteiger partial charge in [-0.2, -0.15) is 5.10 Å². The Balaban J connectivity index is 1.70. The van der Waals surface area contributed by atoms with E-state index in [2.05, 4.69) is 31.0 Å². The summed E-state index contributed by atoms with van der Waals surface area (Å²) in [5.41, 5.74) is 9.72. The topological polar surface area (TPSA) is 54.7 Å². The molecule has 3 heteroatoms. The number of nitrogens with one attached hydrogen (secondary N) is 1. The van der Waals surface area contributed by atoms with Crippen LogP contribution in [-0.2, 0) is 5.54 Å². The van der Waals surface area contributed by atoms with Gasteiger partial charge in [0.25, 0.3) is 0 Å². The quantitative estimate of drug-likeness (QED) is 0.867. The van der Waals surface area contributed by atoms with Crippen LogP contribution < -0.4 is 5.73 Å². The molecule has 0 spiro atoms. The van der Waals surface area contributed by atoms with Gasteiger partial charge in [0.1, 0.15) is 0 Å². The summed E-state index contributed by atoms with van der Waals surface area (Å²) >= 11 is 0. The minimum Gasteiger partial charge on any atom is -0.321 e. The molecule has 20 heavy (non-hydrogen) atoms. The zero-order chi connectivity index (χ0) is 14.1. The Labute approximate surface area is 121 Å². The molecule has 3 N–H and O–H groups in total. The first-order chi connectivity index (χ1) is 9.43. The van der Waals surface area contributed by atoms with Crippen LogP contribution in [0, 0.1) is 30.6 Å². The Hall–Kier alpha value is -0.830. The fourth-order valence-corrected chi connectivity index (χ4v) is 5.76. The highest BCUT2D eigenvalue weighted by Gasteiger charge is 2.49. The van der Waals surface area contributed by atoms with Gasteiger partial charge >= 0.3 is 0 Å². The second-order valence-corrected chi connectivity index (χ2v) is 8.29. The van der Waals surface area contributed by atoms with E-state index in [1.165, 1.54) is 43.4 Å². The van der Waals surface area contributed by atoms with Crippen LogP contribution in [0.4, 0.5) is 0 Å². The van der Waals surface area contributed by atoms with Crippen molar-refractivity contribution in [1.82, 2.24) is 10.2 Å². The van der Waals surface area contributed by atoms with Crippen molar-refractivity contribution in [2.45, 2.75) is 64.3 Å². The molecule has 0 atom stereocenters. The summed E-state index contributed by atoms with van der Waals surface area (Å²) in [6, 6.07) is 0. The lowest BCUT2D eigenvalue weighted by Gasteiger charge is -2.54. The van der Waals surface area contributed by atoms with Crippen molar-refractivity contribution in [3.8, 4) is 0 Å². The maximum atomic E-state index is 6.26. The van der Waals surface area contributed by atoms with Crippen LogP contribution in [0.2, 0.25) is 0 Å². The highest BCUT2D eigenvalue weighted by Crippen LogP contribution is 2.59. The van der Waals surface area contributed by atoms with Gasteiger partial charge in [0.05, 0.1) is 11.2 Å². The first-order valence-corrected chi connectivity index (χ1v) is 8.27. The molecule has 1 heterocycles. The number of aromatic amines is 1. The third kappa shape index (κ3) is 1.78. The van der Waals surface area contributed by atoms with Crippen molar-refractivity contribution < 1.29 is 0 Å². The standard InChI is InChI=1S/C17H27N3/c1-9-15(19-20-16(9)17(2,3)18)14-12-5-10-4-11(7-12)8-13(14)6-10/h10-14H,4-8,18H2,1-3H3,(H,19,20). The first-order valence-electron chi connectivity index (χ1n) is 8.27. The Morgan fingerprint density at radius 1 is 1.05 bits per heavy atom. The van der Waals surface area contributed by atoms with Crippen LogP contribution in [0.25, 0.3) is 0 Å². The molecule has 0 unspecified atom stereocenters. The summed E-state index contributed by atoms with van der Waals surface area (Å²) < 4.78 is 0. The van der Waals surface area contributed by atoms with Gasteiger partial charge in [-0.15, -0.1) is 0 Å². The molecule has 0 saturated heterocycles. The summed E-state index contributed by atoms with van der Waals surface area (Å²) in [4.78, 5) is 0. The van der Waals surface area contributed by atoms with E-state index in [4.69, 9.17) is 5.73 Å². The zero-order valence-electron chi connectivity index (χ0n) is 12.9. The van der Waals surface area contributed by atoms with E-state index in [9.17, 15) is 0 Å². The van der Waals surface area contributed by atoms with Gasteiger partial charge in [0.15, 0.2) is 0 Å². The SMILES string of the molecule is Cc1c(C(C)(C)N)n[nH]c1C1C2CC3CC(C2)CC1C3. The van der Waals surface area contributed by atoms with Crippen LogP contribution in [0.1, 0.15) is 68.8 Å². The van der Waals surface area contributed by atoms with Gasteiger partial charge in [0.2, 0.25) is 0 Å². The van der Waals surface area contributed by atoms with E-state index < -0.39 is 0 Å². The normalized spacial score (nSPS) is 39.5. The number of hydrogen-bond donors (Lipinski definition) is 2. The minimum absolute atomic E-state index is 0.343. The van der Waals surface area contributed by atoms with Crippen LogP contribution in [0.5, 0.6) is 0 Å². The molecule has 0 radical (unpaired) electrons. The Morgan fingerprint density at radius 3 is 2.05 bits per heavy atom. The molecule has 4 fully saturated rings. The van der Waals surface area contributed by atoms with Crippen molar-refractivity contribution in [2.75, 3.05) is 0 Å². The second kappa shape index (κ2) is 4.09. The molecular formula is C17H27N3. The summed E-state index contributed by atoms with van der Waals surface area (Å²) in [6.45, 7) is 6.32. The van der Waals surface area contributed by atoms with E-state index >= 15 is 0 Å². The summed E-state index contributed by atoms with van der Waals surface area (Å²) in [5.74, 6) is 4.59. The third-order valence-corrected chi connectivity index (χ3v) is 6.22. The molecule has 1 aromatic rings. The fourth-order valence-electron chi connectivity index (χ4n) is 5.76. The first kappa shape index (κ1) is 12.9. The van der Waals surface area contributed by atoms with E-state index in [1.807, 2.05) is 0 Å². The van der Waals surface area contributed by atoms with Crippen LogP contribution in [0.15, 0.2) is 0 Å². The average molecular weight is 273 g/mol. The molecular weight excluding hydrogens is 246 g/mol. The summed E-state index contributed by atoms with van der Waals surface area (Å²) in [5, 5.41) is 7.95. The molecule has 4 aliphatic carbocycles. The highest BCUT2D eigenvalue weighted by atomic mass is 15.1. The average Bonchev–Trinajstić information content (AvgIpc) is 2.70. The predicted octanol–water partition coefficient (Wildman–Crippen LogP) is 3.45. The number of H-pyrrole nitrogens is 1. The lowest BCUT2D eigenvalue weighted by atomic mass is 9.51. The van der Waals surface area contributed by atoms with E-state index in [-0.39, 0.29) is 5.54 Å². The Morgan fingerprint density at radius 2 is 1.60 bits per heavy atom. The molecule has 0 aromatic carbocycles.